The molecule has 1 atom stereocenters. The topological polar surface area (TPSA) is 84.4 Å². The van der Waals surface area contributed by atoms with Crippen LogP contribution in [0.3, 0.4) is 0 Å². The summed E-state index contributed by atoms with van der Waals surface area (Å²) in [4.78, 5) is 4.84. The van der Waals surface area contributed by atoms with E-state index >= 15 is 0 Å². The summed E-state index contributed by atoms with van der Waals surface area (Å²) < 4.78 is 25.1. The van der Waals surface area contributed by atoms with Crippen LogP contribution in [0.15, 0.2) is 82.4 Å². The molecule has 1 unspecified atom stereocenters. The number of hydrogen-bond acceptors (Lipinski definition) is 8. The largest absolute Gasteiger partial charge is 0.497 e. The average molecular weight is 473 g/mol. The maximum absolute atomic E-state index is 5.97. The van der Waals surface area contributed by atoms with Crippen LogP contribution in [0, 0.1) is 0 Å². The van der Waals surface area contributed by atoms with Crippen molar-refractivity contribution in [2.45, 2.75) is 17.1 Å². The molecule has 0 N–H and O–H groups in total. The highest BCUT2D eigenvalue weighted by molar-refractivity contribution is 7.98. The summed E-state index contributed by atoms with van der Waals surface area (Å²) in [6, 6.07) is 23.5. The molecule has 0 bridgehead atoms. The molecule has 5 aromatic rings. The Morgan fingerprint density at radius 2 is 1.76 bits per heavy atom. The van der Waals surface area contributed by atoms with Gasteiger partial charge in [0.05, 0.1) is 23.9 Å². The molecule has 34 heavy (non-hydrogen) atoms. The molecule has 2 aromatic heterocycles. The van der Waals surface area contributed by atoms with Gasteiger partial charge < -0.3 is 18.6 Å². The summed E-state index contributed by atoms with van der Waals surface area (Å²) in [6.07, 6.45) is -0.444. The minimum Gasteiger partial charge on any atom is -0.497 e. The highest BCUT2D eigenvalue weighted by Gasteiger charge is 2.27. The zero-order valence-electron chi connectivity index (χ0n) is 18.2. The predicted molar refractivity (Wildman–Crippen MR) is 127 cm³/mol. The van der Waals surface area contributed by atoms with Gasteiger partial charge in [0.15, 0.2) is 11.5 Å². The Kier molecular flexibility index (Phi) is 5.31. The Morgan fingerprint density at radius 1 is 0.971 bits per heavy atom. The third-order valence-corrected chi connectivity index (χ3v) is 6.31. The molecule has 1 aliphatic rings. The van der Waals surface area contributed by atoms with Gasteiger partial charge in [0, 0.05) is 5.69 Å². The van der Waals surface area contributed by atoms with E-state index in [-0.39, 0.29) is 0 Å². The lowest BCUT2D eigenvalue weighted by molar-refractivity contribution is 0.0686. The van der Waals surface area contributed by atoms with Crippen LogP contribution in [0.5, 0.6) is 17.2 Å². The lowest BCUT2D eigenvalue weighted by atomic mass is 10.2. The first-order valence-corrected chi connectivity index (χ1v) is 11.7. The number of ether oxygens (including phenoxy) is 3. The summed E-state index contributed by atoms with van der Waals surface area (Å²) in [5, 5.41) is 8.83. The molecule has 3 heterocycles. The van der Waals surface area contributed by atoms with Gasteiger partial charge in [-0.1, -0.05) is 36.0 Å². The van der Waals surface area contributed by atoms with Gasteiger partial charge in [0.2, 0.25) is 6.10 Å². The first kappa shape index (κ1) is 20.6. The molecule has 8 nitrogen and oxygen atoms in total. The molecular formula is C25H20N4O4S. The molecule has 3 aromatic carbocycles. The van der Waals surface area contributed by atoms with E-state index in [2.05, 4.69) is 20.8 Å². The third-order valence-electron chi connectivity index (χ3n) is 5.49. The smallest absolute Gasteiger partial charge is 0.277 e. The molecule has 0 saturated carbocycles. The summed E-state index contributed by atoms with van der Waals surface area (Å²) in [5.41, 5.74) is 2.95. The SMILES string of the molecule is COc1ccc(-n2c(CSc3nnc(C4COc5ccccc5O4)o3)nc3ccccc32)cc1. The number of methoxy groups -OCH3 is 1. The van der Waals surface area contributed by atoms with Crippen LogP contribution in [-0.2, 0) is 5.75 Å². The average Bonchev–Trinajstić information content (AvgIpc) is 3.52. The van der Waals surface area contributed by atoms with Crippen molar-refractivity contribution in [3.05, 3.63) is 84.5 Å². The number of hydrogen-bond donors (Lipinski definition) is 0. The van der Waals surface area contributed by atoms with Crippen LogP contribution in [0.1, 0.15) is 17.8 Å². The number of thioether (sulfide) groups is 1. The van der Waals surface area contributed by atoms with Crippen molar-refractivity contribution in [2.75, 3.05) is 13.7 Å². The van der Waals surface area contributed by atoms with Crippen molar-refractivity contribution in [1.82, 2.24) is 19.7 Å². The van der Waals surface area contributed by atoms with Gasteiger partial charge >= 0.3 is 0 Å². The number of aromatic nitrogens is 4. The monoisotopic (exact) mass is 472 g/mol. The van der Waals surface area contributed by atoms with Crippen LogP contribution in [0.25, 0.3) is 16.7 Å². The van der Waals surface area contributed by atoms with Gasteiger partial charge in [0.1, 0.15) is 18.2 Å². The van der Waals surface area contributed by atoms with Crippen molar-refractivity contribution in [2.24, 2.45) is 0 Å². The van der Waals surface area contributed by atoms with Crippen molar-refractivity contribution < 1.29 is 18.6 Å². The fourth-order valence-electron chi connectivity index (χ4n) is 3.87. The quantitative estimate of drug-likeness (QED) is 0.311. The first-order valence-electron chi connectivity index (χ1n) is 10.7. The fraction of sp³-hybridized carbons (Fsp3) is 0.160. The molecule has 6 rings (SSSR count). The highest BCUT2D eigenvalue weighted by Crippen LogP contribution is 2.36. The second-order valence-corrected chi connectivity index (χ2v) is 8.54. The number of para-hydroxylation sites is 4. The fourth-order valence-corrected chi connectivity index (χ4v) is 4.56. The van der Waals surface area contributed by atoms with Crippen LogP contribution >= 0.6 is 11.8 Å². The Morgan fingerprint density at radius 3 is 2.62 bits per heavy atom. The van der Waals surface area contributed by atoms with E-state index in [0.29, 0.717) is 35.0 Å². The molecule has 0 fully saturated rings. The van der Waals surface area contributed by atoms with E-state index in [9.17, 15) is 0 Å². The normalized spacial score (nSPS) is 14.9. The van der Waals surface area contributed by atoms with Crippen molar-refractivity contribution in [3.63, 3.8) is 0 Å². The Bertz CT molecular complexity index is 1450. The van der Waals surface area contributed by atoms with Crippen LogP contribution in [-0.4, -0.2) is 33.5 Å². The lowest BCUT2D eigenvalue weighted by Crippen LogP contribution is -2.21. The summed E-state index contributed by atoms with van der Waals surface area (Å²) >= 11 is 1.43. The van der Waals surface area contributed by atoms with Crippen molar-refractivity contribution in [3.8, 4) is 22.9 Å². The Labute approximate surface area is 199 Å². The van der Waals surface area contributed by atoms with Gasteiger partial charge in [0.25, 0.3) is 11.1 Å². The van der Waals surface area contributed by atoms with Gasteiger partial charge in [-0.15, -0.1) is 10.2 Å². The minimum absolute atomic E-state index is 0.316. The second kappa shape index (κ2) is 8.75. The van der Waals surface area contributed by atoms with Crippen LogP contribution < -0.4 is 14.2 Å². The molecule has 0 aliphatic carbocycles. The van der Waals surface area contributed by atoms with E-state index in [1.807, 2.05) is 66.7 Å². The van der Waals surface area contributed by atoms with Gasteiger partial charge in [-0.05, 0) is 48.5 Å². The maximum atomic E-state index is 5.97. The van der Waals surface area contributed by atoms with Crippen molar-refractivity contribution in [1.29, 1.82) is 0 Å². The van der Waals surface area contributed by atoms with Gasteiger partial charge in [-0.25, -0.2) is 4.98 Å². The van der Waals surface area contributed by atoms with Crippen LogP contribution in [0.4, 0.5) is 0 Å². The van der Waals surface area contributed by atoms with E-state index in [1.54, 1.807) is 7.11 Å². The third kappa shape index (κ3) is 3.84. The molecule has 0 amide bonds. The first-order chi connectivity index (χ1) is 16.8. The molecule has 9 heteroatoms. The highest BCUT2D eigenvalue weighted by atomic mass is 32.2. The number of imidazole rings is 1. The second-order valence-electron chi connectivity index (χ2n) is 7.61. The molecule has 0 spiro atoms. The van der Waals surface area contributed by atoms with Gasteiger partial charge in [-0.3, -0.25) is 4.57 Å². The maximum Gasteiger partial charge on any atom is 0.277 e. The van der Waals surface area contributed by atoms with E-state index in [0.717, 1.165) is 28.3 Å². The molecular weight excluding hydrogens is 452 g/mol. The Balaban J connectivity index is 1.23. The van der Waals surface area contributed by atoms with Crippen molar-refractivity contribution >= 4 is 22.8 Å². The summed E-state index contributed by atoms with van der Waals surface area (Å²) in [6.45, 7) is 0.316. The number of rotatable bonds is 6. The number of fused-ring (bicyclic) bond motifs is 2. The lowest BCUT2D eigenvalue weighted by Gasteiger charge is -2.23. The minimum atomic E-state index is -0.444. The number of nitrogens with zero attached hydrogens (tertiary/aromatic N) is 4. The molecule has 0 radical (unpaired) electrons. The number of benzene rings is 3. The van der Waals surface area contributed by atoms with E-state index < -0.39 is 6.10 Å². The zero-order chi connectivity index (χ0) is 22.9. The van der Waals surface area contributed by atoms with Gasteiger partial charge in [-0.2, -0.15) is 0 Å². The van der Waals surface area contributed by atoms with E-state index in [1.165, 1.54) is 11.8 Å². The summed E-state index contributed by atoms with van der Waals surface area (Å²) in [5.74, 6) is 4.00. The van der Waals surface area contributed by atoms with E-state index in [4.69, 9.17) is 23.6 Å². The zero-order valence-corrected chi connectivity index (χ0v) is 19.1. The summed E-state index contributed by atoms with van der Waals surface area (Å²) in [7, 11) is 1.66. The predicted octanol–water partition coefficient (Wildman–Crippen LogP) is 5.22. The molecule has 0 saturated heterocycles. The molecule has 1 aliphatic heterocycles. The Hall–Kier alpha value is -3.98. The molecule has 170 valence electrons. The van der Waals surface area contributed by atoms with Crippen LogP contribution in [0.2, 0.25) is 0 Å². The standard InChI is InChI=1S/C25H20N4O4S/c1-30-17-12-10-16(11-13-17)29-19-7-3-2-6-18(19)26-23(29)15-34-25-28-27-24(33-25)22-14-31-20-8-4-5-9-21(20)32-22/h2-13,22H,14-15H2,1H3.